The first-order chi connectivity index (χ1) is 12.7. The fourth-order valence-corrected chi connectivity index (χ4v) is 2.60. The van der Waals surface area contributed by atoms with E-state index in [0.29, 0.717) is 22.5 Å². The molecule has 3 aromatic rings. The molecule has 0 spiro atoms. The van der Waals surface area contributed by atoms with Crippen LogP contribution in [-0.4, -0.2) is 37.6 Å². The first-order valence-corrected chi connectivity index (χ1v) is 8.46. The number of carbonyl (C=O) groups excluding carboxylic acids is 2. The van der Waals surface area contributed by atoms with Crippen LogP contribution < -0.4 is 10.9 Å². The molecular weight excluding hydrogens is 350 g/mol. The van der Waals surface area contributed by atoms with Gasteiger partial charge in [0.15, 0.2) is 12.4 Å². The lowest BCUT2D eigenvalue weighted by Crippen LogP contribution is -2.38. The van der Waals surface area contributed by atoms with Crippen LogP contribution in [0.2, 0.25) is 0 Å². The van der Waals surface area contributed by atoms with Gasteiger partial charge in [-0.3, -0.25) is 23.4 Å². The molecule has 1 amide bonds. The lowest BCUT2D eigenvalue weighted by molar-refractivity contribution is -0.146. The summed E-state index contributed by atoms with van der Waals surface area (Å²) in [4.78, 5) is 36.2. The molecule has 0 saturated carbocycles. The fourth-order valence-electron chi connectivity index (χ4n) is 2.60. The van der Waals surface area contributed by atoms with Crippen LogP contribution in [0.25, 0.3) is 16.7 Å². The van der Waals surface area contributed by atoms with Gasteiger partial charge >= 0.3 is 5.97 Å². The van der Waals surface area contributed by atoms with Crippen molar-refractivity contribution in [3.05, 3.63) is 40.4 Å². The second-order valence-electron chi connectivity index (χ2n) is 7.23. The molecule has 0 bridgehead atoms. The number of aryl methyl sites for hydroxylation is 1. The van der Waals surface area contributed by atoms with E-state index < -0.39 is 11.4 Å². The molecule has 0 aliphatic heterocycles. The predicted octanol–water partition coefficient (Wildman–Crippen LogP) is 0.787. The largest absolute Gasteiger partial charge is 0.456 e. The highest BCUT2D eigenvalue weighted by atomic mass is 16.5. The van der Waals surface area contributed by atoms with Crippen LogP contribution in [0.1, 0.15) is 26.6 Å². The first-order valence-electron chi connectivity index (χ1n) is 8.46. The number of fused-ring (bicyclic) bond motifs is 3. The molecule has 0 aliphatic rings. The summed E-state index contributed by atoms with van der Waals surface area (Å²) in [5.74, 6) is -0.0927. The molecular formula is C18H21N5O4. The quantitative estimate of drug-likeness (QED) is 0.679. The van der Waals surface area contributed by atoms with E-state index in [0.717, 1.165) is 0 Å². The van der Waals surface area contributed by atoms with Crippen LogP contribution in [0.4, 0.5) is 0 Å². The van der Waals surface area contributed by atoms with E-state index in [-0.39, 0.29) is 24.6 Å². The highest BCUT2D eigenvalue weighted by Gasteiger charge is 2.22. The zero-order valence-electron chi connectivity index (χ0n) is 15.6. The minimum absolute atomic E-state index is 0.131. The average molecular weight is 371 g/mol. The normalized spacial score (nSPS) is 11.7. The number of carbonyl (C=O) groups is 2. The van der Waals surface area contributed by atoms with Crippen molar-refractivity contribution in [1.82, 2.24) is 24.5 Å². The number of nitrogens with one attached hydrogen (secondary N) is 1. The average Bonchev–Trinajstić information content (AvgIpc) is 3.05. The van der Waals surface area contributed by atoms with Gasteiger partial charge in [0.1, 0.15) is 6.54 Å². The van der Waals surface area contributed by atoms with Crippen molar-refractivity contribution >= 4 is 28.6 Å². The molecule has 9 heteroatoms. The summed E-state index contributed by atoms with van der Waals surface area (Å²) < 4.78 is 8.28. The molecule has 27 heavy (non-hydrogen) atoms. The van der Waals surface area contributed by atoms with Crippen molar-refractivity contribution in [3.8, 4) is 0 Å². The minimum Gasteiger partial charge on any atom is -0.456 e. The number of ether oxygens (including phenoxy) is 1. The highest BCUT2D eigenvalue weighted by molar-refractivity contribution is 5.85. The minimum atomic E-state index is -0.590. The van der Waals surface area contributed by atoms with Crippen LogP contribution in [0, 0.1) is 5.41 Å². The van der Waals surface area contributed by atoms with E-state index >= 15 is 0 Å². The third-order valence-electron chi connectivity index (χ3n) is 4.13. The van der Waals surface area contributed by atoms with E-state index in [4.69, 9.17) is 4.74 Å². The van der Waals surface area contributed by atoms with Gasteiger partial charge in [-0.15, -0.1) is 10.2 Å². The van der Waals surface area contributed by atoms with E-state index in [1.54, 1.807) is 56.5 Å². The number of aromatic nitrogens is 4. The Labute approximate surface area is 155 Å². The zero-order valence-corrected chi connectivity index (χ0v) is 15.6. The summed E-state index contributed by atoms with van der Waals surface area (Å²) in [5.41, 5.74) is -0.140. The van der Waals surface area contributed by atoms with Gasteiger partial charge in [-0.2, -0.15) is 0 Å². The number of nitrogens with zero attached hydrogens (tertiary/aromatic N) is 4. The maximum Gasteiger partial charge on any atom is 0.325 e. The molecule has 3 rings (SSSR count). The summed E-state index contributed by atoms with van der Waals surface area (Å²) in [6, 6.07) is 7.08. The van der Waals surface area contributed by atoms with Gasteiger partial charge in [0.2, 0.25) is 11.7 Å². The third-order valence-corrected chi connectivity index (χ3v) is 4.13. The molecule has 0 atom stereocenters. The van der Waals surface area contributed by atoms with Crippen molar-refractivity contribution in [2.45, 2.75) is 27.4 Å². The van der Waals surface area contributed by atoms with Gasteiger partial charge < -0.3 is 10.1 Å². The maximum absolute atomic E-state index is 12.4. The van der Waals surface area contributed by atoms with Crippen LogP contribution in [-0.2, 0) is 28.0 Å². The lowest BCUT2D eigenvalue weighted by Gasteiger charge is -2.17. The number of rotatable bonds is 4. The molecule has 0 radical (unpaired) electrons. The standard InChI is InChI=1S/C18H21N5O4/c1-18(2,3)16(26)19-9-14(24)27-10-13-20-21-17-22(4)15(25)11-7-5-6-8-12(11)23(13)17/h5-8H,9-10H2,1-4H3,(H,19,26). The lowest BCUT2D eigenvalue weighted by atomic mass is 9.96. The second kappa shape index (κ2) is 6.82. The van der Waals surface area contributed by atoms with Crippen molar-refractivity contribution < 1.29 is 14.3 Å². The molecule has 0 unspecified atom stereocenters. The first kappa shape index (κ1) is 18.6. The van der Waals surface area contributed by atoms with E-state index in [2.05, 4.69) is 15.5 Å². The van der Waals surface area contributed by atoms with Gasteiger partial charge in [0.05, 0.1) is 10.9 Å². The van der Waals surface area contributed by atoms with E-state index in [1.807, 2.05) is 0 Å². The number of amides is 1. The Morgan fingerprint density at radius 3 is 2.59 bits per heavy atom. The van der Waals surface area contributed by atoms with Gasteiger partial charge in [0, 0.05) is 12.5 Å². The van der Waals surface area contributed by atoms with Crippen molar-refractivity contribution in [3.63, 3.8) is 0 Å². The van der Waals surface area contributed by atoms with E-state index in [1.165, 1.54) is 4.57 Å². The number of benzene rings is 1. The summed E-state index contributed by atoms with van der Waals surface area (Å²) in [5, 5.41) is 11.1. The number of hydrogen-bond donors (Lipinski definition) is 1. The Morgan fingerprint density at radius 2 is 1.89 bits per heavy atom. The number of hydrogen-bond acceptors (Lipinski definition) is 6. The van der Waals surface area contributed by atoms with Crippen LogP contribution in [0.3, 0.4) is 0 Å². The van der Waals surface area contributed by atoms with Gasteiger partial charge in [-0.1, -0.05) is 32.9 Å². The molecule has 1 N–H and O–H groups in total. The monoisotopic (exact) mass is 371 g/mol. The fraction of sp³-hybridized carbons (Fsp3) is 0.389. The number of para-hydroxylation sites is 1. The van der Waals surface area contributed by atoms with Crippen LogP contribution >= 0.6 is 0 Å². The Morgan fingerprint density at radius 1 is 1.19 bits per heavy atom. The Bertz CT molecular complexity index is 1090. The smallest absolute Gasteiger partial charge is 0.325 e. The molecule has 0 aliphatic carbocycles. The summed E-state index contributed by atoms with van der Waals surface area (Å²) >= 11 is 0. The molecule has 2 aromatic heterocycles. The second-order valence-corrected chi connectivity index (χ2v) is 7.23. The van der Waals surface area contributed by atoms with Gasteiger partial charge in [-0.25, -0.2) is 0 Å². The van der Waals surface area contributed by atoms with E-state index in [9.17, 15) is 14.4 Å². The third kappa shape index (κ3) is 3.53. The number of esters is 1. The molecule has 142 valence electrons. The van der Waals surface area contributed by atoms with Crippen LogP contribution in [0.5, 0.6) is 0 Å². The molecule has 9 nitrogen and oxygen atoms in total. The van der Waals surface area contributed by atoms with Gasteiger partial charge in [-0.05, 0) is 12.1 Å². The highest BCUT2D eigenvalue weighted by Crippen LogP contribution is 2.14. The molecule has 1 aromatic carbocycles. The van der Waals surface area contributed by atoms with Crippen molar-refractivity contribution in [2.24, 2.45) is 12.5 Å². The molecule has 0 saturated heterocycles. The summed E-state index contributed by atoms with van der Waals surface area (Å²) in [7, 11) is 1.61. The van der Waals surface area contributed by atoms with Gasteiger partial charge in [0.25, 0.3) is 5.56 Å². The SMILES string of the molecule is Cn1c(=O)c2ccccc2n2c(COC(=O)CNC(=O)C(C)(C)C)nnc12. The molecule has 2 heterocycles. The van der Waals surface area contributed by atoms with Crippen molar-refractivity contribution in [2.75, 3.05) is 6.54 Å². The molecule has 0 fully saturated rings. The Balaban J connectivity index is 1.82. The Hall–Kier alpha value is -3.23. The zero-order chi connectivity index (χ0) is 19.8. The predicted molar refractivity (Wildman–Crippen MR) is 98.0 cm³/mol. The maximum atomic E-state index is 12.4. The Kier molecular flexibility index (Phi) is 4.69. The summed E-state index contributed by atoms with van der Waals surface area (Å²) in [6.45, 7) is 4.90. The van der Waals surface area contributed by atoms with Crippen LogP contribution in [0.15, 0.2) is 29.1 Å². The topological polar surface area (TPSA) is 108 Å². The van der Waals surface area contributed by atoms with Crippen molar-refractivity contribution in [1.29, 1.82) is 0 Å². The summed E-state index contributed by atoms with van der Waals surface area (Å²) in [6.07, 6.45) is 0.